The highest BCUT2D eigenvalue weighted by atomic mass is 35.5. The summed E-state index contributed by atoms with van der Waals surface area (Å²) in [4.78, 5) is 34.4. The van der Waals surface area contributed by atoms with Crippen LogP contribution in [0.4, 0.5) is 5.69 Å². The molecule has 186 valence electrons. The van der Waals surface area contributed by atoms with Crippen molar-refractivity contribution >= 4 is 45.6 Å². The monoisotopic (exact) mass is 518 g/mol. The first-order chi connectivity index (χ1) is 16.8. The maximum atomic E-state index is 13.1. The van der Waals surface area contributed by atoms with Crippen molar-refractivity contribution in [3.8, 4) is 0 Å². The summed E-state index contributed by atoms with van der Waals surface area (Å²) in [6.45, 7) is 3.13. The topological polar surface area (TPSA) is 98.9 Å². The van der Waals surface area contributed by atoms with Crippen molar-refractivity contribution < 1.29 is 15.0 Å². The molecule has 10 heteroatoms. The first-order valence-corrected chi connectivity index (χ1v) is 12.3. The van der Waals surface area contributed by atoms with Crippen LogP contribution in [-0.2, 0) is 17.8 Å². The van der Waals surface area contributed by atoms with Gasteiger partial charge in [-0.2, -0.15) is 0 Å². The Balaban J connectivity index is 1.42. The summed E-state index contributed by atoms with van der Waals surface area (Å²) in [6.07, 6.45) is 1.47. The number of ketones is 1. The third-order valence-corrected chi connectivity index (χ3v) is 6.99. The van der Waals surface area contributed by atoms with Crippen LogP contribution >= 0.6 is 23.2 Å². The predicted molar refractivity (Wildman–Crippen MR) is 138 cm³/mol. The molecule has 0 radical (unpaired) electrons. The number of benzene rings is 2. The minimum atomic E-state index is -0.738. The molecule has 1 saturated heterocycles. The molecule has 1 aliphatic rings. The lowest BCUT2D eigenvalue weighted by Crippen LogP contribution is -2.49. The second-order valence-corrected chi connectivity index (χ2v) is 9.60. The number of piperazine rings is 1. The number of Topliss-reactive ketones (excluding diaryl/α,β-unsaturated/α-hetero) is 1. The molecule has 35 heavy (non-hydrogen) atoms. The molecule has 0 bridgehead atoms. The molecule has 1 aliphatic heterocycles. The van der Waals surface area contributed by atoms with Gasteiger partial charge in [-0.15, -0.1) is 0 Å². The van der Waals surface area contributed by atoms with E-state index in [1.54, 1.807) is 12.1 Å². The number of fused-ring (bicyclic) bond motifs is 1. The van der Waals surface area contributed by atoms with Crippen LogP contribution in [0.15, 0.2) is 47.5 Å². The van der Waals surface area contributed by atoms with Gasteiger partial charge in [0.25, 0.3) is 5.56 Å². The lowest BCUT2D eigenvalue weighted by Gasteiger charge is -2.36. The fourth-order valence-electron chi connectivity index (χ4n) is 4.25. The molecule has 1 aromatic heterocycles. The molecule has 0 saturated carbocycles. The van der Waals surface area contributed by atoms with Crippen LogP contribution in [0.5, 0.6) is 0 Å². The van der Waals surface area contributed by atoms with E-state index in [1.165, 1.54) is 10.9 Å². The van der Waals surface area contributed by atoms with Crippen molar-refractivity contribution in [2.75, 3.05) is 44.2 Å². The van der Waals surface area contributed by atoms with Crippen molar-refractivity contribution in [2.24, 2.45) is 0 Å². The molecule has 0 spiro atoms. The molecule has 8 nitrogen and oxygen atoms in total. The van der Waals surface area contributed by atoms with E-state index in [2.05, 4.69) is 14.8 Å². The number of anilines is 1. The average Bonchev–Trinajstić information content (AvgIpc) is 2.86. The maximum absolute atomic E-state index is 13.1. The second-order valence-electron chi connectivity index (χ2n) is 8.79. The quantitative estimate of drug-likeness (QED) is 0.448. The van der Waals surface area contributed by atoms with E-state index in [0.29, 0.717) is 33.9 Å². The van der Waals surface area contributed by atoms with Crippen LogP contribution in [-0.4, -0.2) is 75.9 Å². The normalized spacial score (nSPS) is 15.5. The molecule has 1 atom stereocenters. The van der Waals surface area contributed by atoms with Crippen molar-refractivity contribution in [1.29, 1.82) is 0 Å². The van der Waals surface area contributed by atoms with E-state index >= 15 is 0 Å². The molecule has 4 rings (SSSR count). The number of hydrogen-bond donors (Lipinski definition) is 2. The molecule has 2 N–H and O–H groups in total. The molecule has 2 heterocycles. The van der Waals surface area contributed by atoms with Gasteiger partial charge >= 0.3 is 0 Å². The van der Waals surface area contributed by atoms with Gasteiger partial charge in [-0.1, -0.05) is 29.3 Å². The first kappa shape index (κ1) is 25.6. The van der Waals surface area contributed by atoms with Gasteiger partial charge in [-0.3, -0.25) is 19.1 Å². The number of rotatable bonds is 9. The van der Waals surface area contributed by atoms with Crippen LogP contribution < -0.4 is 10.5 Å². The Labute approximate surface area is 213 Å². The Kier molecular flexibility index (Phi) is 8.41. The van der Waals surface area contributed by atoms with E-state index in [4.69, 9.17) is 28.3 Å². The van der Waals surface area contributed by atoms with E-state index in [0.717, 1.165) is 37.4 Å². The third kappa shape index (κ3) is 6.39. The number of halogens is 2. The molecule has 3 aromatic rings. The molecule has 2 aromatic carbocycles. The lowest BCUT2D eigenvalue weighted by molar-refractivity contribution is -0.119. The van der Waals surface area contributed by atoms with Crippen molar-refractivity contribution in [3.63, 3.8) is 0 Å². The third-order valence-electron chi connectivity index (χ3n) is 6.25. The summed E-state index contributed by atoms with van der Waals surface area (Å²) < 4.78 is 1.36. The summed E-state index contributed by atoms with van der Waals surface area (Å²) in [6, 6.07) is 10.9. The number of aliphatic hydroxyl groups excluding tert-OH is 2. The number of hydrogen-bond acceptors (Lipinski definition) is 7. The summed E-state index contributed by atoms with van der Waals surface area (Å²) in [7, 11) is 0. The smallest absolute Gasteiger partial charge is 0.261 e. The molecule has 0 aliphatic carbocycles. The minimum Gasteiger partial charge on any atom is -0.394 e. The van der Waals surface area contributed by atoms with E-state index in [-0.39, 0.29) is 30.9 Å². The fraction of sp³-hybridized carbons (Fsp3) is 0.400. The molecule has 1 fully saturated rings. The summed E-state index contributed by atoms with van der Waals surface area (Å²) in [5, 5.41) is 20.1. The second kappa shape index (κ2) is 11.5. The molecule has 1 unspecified atom stereocenters. The summed E-state index contributed by atoms with van der Waals surface area (Å²) in [5.41, 5.74) is 2.17. The van der Waals surface area contributed by atoms with E-state index in [1.807, 2.05) is 24.3 Å². The van der Waals surface area contributed by atoms with Gasteiger partial charge < -0.3 is 15.1 Å². The van der Waals surface area contributed by atoms with Gasteiger partial charge in [0, 0.05) is 44.8 Å². The van der Waals surface area contributed by atoms with Crippen molar-refractivity contribution in [1.82, 2.24) is 14.5 Å². The Bertz CT molecular complexity index is 1260. The Hall–Kier alpha value is -2.49. The predicted octanol–water partition coefficient (Wildman–Crippen LogP) is 2.38. The lowest BCUT2D eigenvalue weighted by atomic mass is 10.1. The van der Waals surface area contributed by atoms with Crippen LogP contribution in [0.3, 0.4) is 0 Å². The zero-order chi connectivity index (χ0) is 24.9. The highest BCUT2D eigenvalue weighted by Gasteiger charge is 2.20. The first-order valence-electron chi connectivity index (χ1n) is 11.5. The number of nitrogens with zero attached hydrogens (tertiary/aromatic N) is 4. The zero-order valence-electron chi connectivity index (χ0n) is 19.2. The number of carbonyl (C=O) groups excluding carboxylic acids is 1. The standard InChI is InChI=1S/C25H28Cl2N4O4/c26-22-5-2-17(11-23(22)27)1-4-19(33)14-31-16-28-24-6-3-18(12-21(24)25(31)35)30-9-7-29(8-10-30)13-20(34)15-32/h2-3,5-6,11-12,16,20,32,34H,1,4,7-10,13-15H2. The van der Waals surface area contributed by atoms with Gasteiger partial charge in [0.1, 0.15) is 0 Å². The number of aromatic nitrogens is 2. The van der Waals surface area contributed by atoms with E-state index in [9.17, 15) is 14.7 Å². The zero-order valence-corrected chi connectivity index (χ0v) is 20.8. The SMILES string of the molecule is O=C(CCc1ccc(Cl)c(Cl)c1)Cn1cnc2ccc(N3CCN(CC(O)CO)CC3)cc2c1=O. The van der Waals surface area contributed by atoms with Crippen LogP contribution in [0.2, 0.25) is 10.0 Å². The Morgan fingerprint density at radius 3 is 2.54 bits per heavy atom. The van der Waals surface area contributed by atoms with Crippen molar-refractivity contribution in [3.05, 3.63) is 68.7 Å². The van der Waals surface area contributed by atoms with Gasteiger partial charge in [0.15, 0.2) is 5.78 Å². The number of β-amino-alcohol motifs (C(OH)–C–C–N with tert-alkyl or cyclic N) is 1. The van der Waals surface area contributed by atoms with Crippen LogP contribution in [0.1, 0.15) is 12.0 Å². The van der Waals surface area contributed by atoms with Gasteiger partial charge in [-0.25, -0.2) is 4.98 Å². The minimum absolute atomic E-state index is 0.0425. The number of aliphatic hydroxyl groups is 2. The van der Waals surface area contributed by atoms with E-state index < -0.39 is 6.10 Å². The molecular weight excluding hydrogens is 491 g/mol. The van der Waals surface area contributed by atoms with Crippen LogP contribution in [0, 0.1) is 0 Å². The number of carbonyl (C=O) groups is 1. The largest absolute Gasteiger partial charge is 0.394 e. The Morgan fingerprint density at radius 2 is 1.83 bits per heavy atom. The maximum Gasteiger partial charge on any atom is 0.261 e. The van der Waals surface area contributed by atoms with Gasteiger partial charge in [0.2, 0.25) is 0 Å². The van der Waals surface area contributed by atoms with Crippen molar-refractivity contribution in [2.45, 2.75) is 25.5 Å². The number of aryl methyl sites for hydroxylation is 1. The average molecular weight is 519 g/mol. The summed E-state index contributed by atoms with van der Waals surface area (Å²) >= 11 is 12.0. The van der Waals surface area contributed by atoms with Gasteiger partial charge in [-0.05, 0) is 42.3 Å². The molecular formula is C25H28Cl2N4O4. The highest BCUT2D eigenvalue weighted by molar-refractivity contribution is 6.42. The van der Waals surface area contributed by atoms with Crippen LogP contribution in [0.25, 0.3) is 10.9 Å². The fourth-order valence-corrected chi connectivity index (χ4v) is 4.57. The highest BCUT2D eigenvalue weighted by Crippen LogP contribution is 2.23. The Morgan fingerprint density at radius 1 is 1.06 bits per heavy atom. The molecule has 0 amide bonds. The van der Waals surface area contributed by atoms with Gasteiger partial charge in [0.05, 0.1) is 46.5 Å². The summed E-state index contributed by atoms with van der Waals surface area (Å²) in [5.74, 6) is -0.0725.